The molecule has 2 heteroatoms. The van der Waals surface area contributed by atoms with Gasteiger partial charge < -0.3 is 5.73 Å². The summed E-state index contributed by atoms with van der Waals surface area (Å²) in [6, 6.07) is 7.13. The summed E-state index contributed by atoms with van der Waals surface area (Å²) in [5.41, 5.74) is 7.23. The molecule has 88 valence electrons. The zero-order valence-corrected chi connectivity index (χ0v) is 9.83. The Morgan fingerprint density at radius 1 is 1.38 bits per heavy atom. The van der Waals surface area contributed by atoms with Crippen molar-refractivity contribution in [3.63, 3.8) is 0 Å². The summed E-state index contributed by atoms with van der Waals surface area (Å²) in [5.74, 6) is 0.950. The summed E-state index contributed by atoms with van der Waals surface area (Å²) >= 11 is 0. The molecule has 0 spiro atoms. The van der Waals surface area contributed by atoms with Crippen LogP contribution in [0.4, 0.5) is 4.39 Å². The van der Waals surface area contributed by atoms with Crippen molar-refractivity contribution in [2.45, 2.75) is 44.6 Å². The van der Waals surface area contributed by atoms with E-state index >= 15 is 0 Å². The number of halogens is 1. The Kier molecular flexibility index (Phi) is 3.59. The van der Waals surface area contributed by atoms with Gasteiger partial charge in [-0.05, 0) is 48.8 Å². The second-order valence-electron chi connectivity index (χ2n) is 4.91. The van der Waals surface area contributed by atoms with Crippen LogP contribution in [0.5, 0.6) is 0 Å². The molecule has 0 heterocycles. The van der Waals surface area contributed by atoms with Gasteiger partial charge in [0, 0.05) is 6.04 Å². The minimum Gasteiger partial charge on any atom is -0.327 e. The first-order valence-corrected chi connectivity index (χ1v) is 6.21. The standard InChI is InChI=1S/C14H20FN/c1-2-10-6-7-14(16)13(8-10)11-4-3-5-12(15)9-11/h3-5,9-10,13-14H,2,6-8,16H2,1H3. The van der Waals surface area contributed by atoms with Gasteiger partial charge in [0.25, 0.3) is 0 Å². The van der Waals surface area contributed by atoms with Crippen LogP contribution in [0.3, 0.4) is 0 Å². The van der Waals surface area contributed by atoms with Gasteiger partial charge in [-0.3, -0.25) is 0 Å². The highest BCUT2D eigenvalue weighted by Crippen LogP contribution is 2.36. The van der Waals surface area contributed by atoms with E-state index in [0.717, 1.165) is 24.3 Å². The van der Waals surface area contributed by atoms with Crippen LogP contribution in [0.25, 0.3) is 0 Å². The Labute approximate surface area is 96.9 Å². The van der Waals surface area contributed by atoms with Gasteiger partial charge in [0.15, 0.2) is 0 Å². The molecule has 1 aromatic rings. The molecular weight excluding hydrogens is 201 g/mol. The highest BCUT2D eigenvalue weighted by molar-refractivity contribution is 5.23. The first-order chi connectivity index (χ1) is 7.70. The SMILES string of the molecule is CCC1CCC(N)C(c2cccc(F)c2)C1. The number of hydrogen-bond donors (Lipinski definition) is 1. The predicted octanol–water partition coefficient (Wildman–Crippen LogP) is 3.45. The van der Waals surface area contributed by atoms with E-state index in [1.807, 2.05) is 6.07 Å². The molecule has 1 aliphatic rings. The lowest BCUT2D eigenvalue weighted by Crippen LogP contribution is -2.34. The lowest BCUT2D eigenvalue weighted by molar-refractivity contribution is 0.282. The van der Waals surface area contributed by atoms with E-state index in [1.165, 1.54) is 18.9 Å². The summed E-state index contributed by atoms with van der Waals surface area (Å²) in [6.45, 7) is 2.23. The Bertz CT molecular complexity index is 350. The second kappa shape index (κ2) is 4.96. The molecule has 0 aliphatic heterocycles. The average molecular weight is 221 g/mol. The molecule has 0 amide bonds. The normalized spacial score (nSPS) is 30.3. The van der Waals surface area contributed by atoms with Gasteiger partial charge in [0.2, 0.25) is 0 Å². The molecule has 0 aromatic heterocycles. The molecule has 0 bridgehead atoms. The Hall–Kier alpha value is -0.890. The fourth-order valence-corrected chi connectivity index (χ4v) is 2.77. The van der Waals surface area contributed by atoms with E-state index in [-0.39, 0.29) is 11.9 Å². The Balaban J connectivity index is 2.17. The summed E-state index contributed by atoms with van der Waals surface area (Å²) in [7, 11) is 0. The molecular formula is C14H20FN. The van der Waals surface area contributed by atoms with Gasteiger partial charge in [0.05, 0.1) is 0 Å². The maximum Gasteiger partial charge on any atom is 0.123 e. The summed E-state index contributed by atoms with van der Waals surface area (Å²) in [4.78, 5) is 0. The zero-order chi connectivity index (χ0) is 11.5. The lowest BCUT2D eigenvalue weighted by atomic mass is 9.74. The van der Waals surface area contributed by atoms with Crippen molar-refractivity contribution >= 4 is 0 Å². The number of hydrogen-bond acceptors (Lipinski definition) is 1. The summed E-state index contributed by atoms with van der Waals surface area (Å²) in [6.07, 6.45) is 4.61. The smallest absolute Gasteiger partial charge is 0.123 e. The van der Waals surface area contributed by atoms with Crippen LogP contribution in [0, 0.1) is 11.7 Å². The van der Waals surface area contributed by atoms with Crippen LogP contribution in [0.1, 0.15) is 44.1 Å². The monoisotopic (exact) mass is 221 g/mol. The topological polar surface area (TPSA) is 26.0 Å². The minimum absolute atomic E-state index is 0.150. The maximum atomic E-state index is 13.2. The van der Waals surface area contributed by atoms with Gasteiger partial charge in [-0.1, -0.05) is 25.5 Å². The van der Waals surface area contributed by atoms with Crippen molar-refractivity contribution in [1.29, 1.82) is 0 Å². The van der Waals surface area contributed by atoms with Crippen LogP contribution in [0.2, 0.25) is 0 Å². The number of benzene rings is 1. The van der Waals surface area contributed by atoms with Gasteiger partial charge in [-0.25, -0.2) is 4.39 Å². The Morgan fingerprint density at radius 3 is 2.88 bits per heavy atom. The Morgan fingerprint density at radius 2 is 2.19 bits per heavy atom. The van der Waals surface area contributed by atoms with Crippen LogP contribution < -0.4 is 5.73 Å². The summed E-state index contributed by atoms with van der Waals surface area (Å²) < 4.78 is 13.2. The number of rotatable bonds is 2. The first-order valence-electron chi connectivity index (χ1n) is 6.21. The van der Waals surface area contributed by atoms with Crippen molar-refractivity contribution < 1.29 is 4.39 Å². The van der Waals surface area contributed by atoms with Gasteiger partial charge >= 0.3 is 0 Å². The minimum atomic E-state index is -0.150. The molecule has 1 aliphatic carbocycles. The quantitative estimate of drug-likeness (QED) is 0.813. The van der Waals surface area contributed by atoms with Crippen LogP contribution in [-0.4, -0.2) is 6.04 Å². The van der Waals surface area contributed by atoms with E-state index < -0.39 is 0 Å². The molecule has 3 atom stereocenters. The van der Waals surface area contributed by atoms with E-state index in [0.29, 0.717) is 5.92 Å². The molecule has 1 saturated carbocycles. The summed E-state index contributed by atoms with van der Waals surface area (Å²) in [5, 5.41) is 0. The van der Waals surface area contributed by atoms with Gasteiger partial charge in [-0.2, -0.15) is 0 Å². The highest BCUT2D eigenvalue weighted by atomic mass is 19.1. The van der Waals surface area contributed by atoms with Crippen LogP contribution in [0.15, 0.2) is 24.3 Å². The second-order valence-corrected chi connectivity index (χ2v) is 4.91. The third-order valence-electron chi connectivity index (χ3n) is 3.87. The molecule has 1 aromatic carbocycles. The van der Waals surface area contributed by atoms with E-state index in [2.05, 4.69) is 6.92 Å². The molecule has 1 fully saturated rings. The maximum absolute atomic E-state index is 13.2. The average Bonchev–Trinajstić information content (AvgIpc) is 2.30. The fraction of sp³-hybridized carbons (Fsp3) is 0.571. The van der Waals surface area contributed by atoms with Crippen LogP contribution >= 0.6 is 0 Å². The van der Waals surface area contributed by atoms with Crippen molar-refractivity contribution in [3.05, 3.63) is 35.6 Å². The lowest BCUT2D eigenvalue weighted by Gasteiger charge is -2.34. The third-order valence-corrected chi connectivity index (χ3v) is 3.87. The zero-order valence-electron chi connectivity index (χ0n) is 9.83. The molecule has 0 saturated heterocycles. The molecule has 2 N–H and O–H groups in total. The third kappa shape index (κ3) is 2.43. The molecule has 3 unspecified atom stereocenters. The highest BCUT2D eigenvalue weighted by Gasteiger charge is 2.28. The van der Waals surface area contributed by atoms with Crippen molar-refractivity contribution in [3.8, 4) is 0 Å². The van der Waals surface area contributed by atoms with E-state index in [1.54, 1.807) is 12.1 Å². The van der Waals surface area contributed by atoms with Gasteiger partial charge in [-0.15, -0.1) is 0 Å². The van der Waals surface area contributed by atoms with E-state index in [4.69, 9.17) is 5.73 Å². The van der Waals surface area contributed by atoms with E-state index in [9.17, 15) is 4.39 Å². The molecule has 16 heavy (non-hydrogen) atoms. The van der Waals surface area contributed by atoms with Crippen molar-refractivity contribution in [1.82, 2.24) is 0 Å². The fourth-order valence-electron chi connectivity index (χ4n) is 2.77. The van der Waals surface area contributed by atoms with Crippen molar-refractivity contribution in [2.75, 3.05) is 0 Å². The molecule has 0 radical (unpaired) electrons. The first kappa shape index (κ1) is 11.6. The number of nitrogens with two attached hydrogens (primary N) is 1. The largest absolute Gasteiger partial charge is 0.327 e. The van der Waals surface area contributed by atoms with Gasteiger partial charge in [0.1, 0.15) is 5.82 Å². The van der Waals surface area contributed by atoms with Crippen LogP contribution in [-0.2, 0) is 0 Å². The molecule has 1 nitrogen and oxygen atoms in total. The molecule has 2 rings (SSSR count). The predicted molar refractivity (Wildman–Crippen MR) is 64.7 cm³/mol. The van der Waals surface area contributed by atoms with Crippen molar-refractivity contribution in [2.24, 2.45) is 11.7 Å².